The second kappa shape index (κ2) is 6.46. The number of aliphatic carboxylic acids is 1. The maximum Gasteiger partial charge on any atom is 0.310 e. The van der Waals surface area contributed by atoms with E-state index in [1.54, 1.807) is 0 Å². The molecule has 0 aromatic carbocycles. The highest BCUT2D eigenvalue weighted by Gasteiger charge is 2.37. The molecule has 2 unspecified atom stereocenters. The normalized spacial score (nSPS) is 24.6. The fraction of sp³-hybridized carbons (Fsp3) is 0.818. The summed E-state index contributed by atoms with van der Waals surface area (Å²) in [4.78, 5) is 13.1. The lowest BCUT2D eigenvalue weighted by Crippen LogP contribution is -2.44. The van der Waals surface area contributed by atoms with Crippen LogP contribution in [-0.2, 0) is 9.53 Å². The zero-order valence-corrected chi connectivity index (χ0v) is 9.56. The van der Waals surface area contributed by atoms with E-state index in [2.05, 4.69) is 11.0 Å². The molecule has 1 aliphatic rings. The first-order valence-corrected chi connectivity index (χ1v) is 5.62. The molecule has 1 aliphatic heterocycles. The summed E-state index contributed by atoms with van der Waals surface area (Å²) >= 11 is 0. The molecule has 0 aromatic heterocycles. The number of rotatable bonds is 6. The van der Waals surface area contributed by atoms with Gasteiger partial charge in [-0.2, -0.15) is 5.26 Å². The van der Waals surface area contributed by atoms with Crippen LogP contribution in [0.15, 0.2) is 0 Å². The molecule has 0 bridgehead atoms. The number of hydrogen-bond donors (Lipinski definition) is 1. The van der Waals surface area contributed by atoms with Crippen molar-refractivity contribution in [3.63, 3.8) is 0 Å². The SMILES string of the molecule is CCCN(CCC#N)C1COCC1C(=O)O. The van der Waals surface area contributed by atoms with Gasteiger partial charge in [-0.3, -0.25) is 9.69 Å². The highest BCUT2D eigenvalue weighted by atomic mass is 16.5. The van der Waals surface area contributed by atoms with Gasteiger partial charge in [-0.15, -0.1) is 0 Å². The van der Waals surface area contributed by atoms with E-state index in [1.807, 2.05) is 6.92 Å². The summed E-state index contributed by atoms with van der Waals surface area (Å²) in [5.41, 5.74) is 0. The Kier molecular flexibility index (Phi) is 5.23. The summed E-state index contributed by atoms with van der Waals surface area (Å²) in [6, 6.07) is 2.02. The molecule has 0 saturated carbocycles. The van der Waals surface area contributed by atoms with Crippen molar-refractivity contribution in [1.82, 2.24) is 4.90 Å². The molecule has 1 saturated heterocycles. The van der Waals surface area contributed by atoms with Crippen molar-refractivity contribution in [2.24, 2.45) is 5.92 Å². The van der Waals surface area contributed by atoms with Crippen LogP contribution >= 0.6 is 0 Å². The third-order valence-electron chi connectivity index (χ3n) is 2.86. The molecule has 90 valence electrons. The number of carboxylic acids is 1. The van der Waals surface area contributed by atoms with E-state index < -0.39 is 11.9 Å². The fourth-order valence-electron chi connectivity index (χ4n) is 2.06. The van der Waals surface area contributed by atoms with Gasteiger partial charge in [-0.25, -0.2) is 0 Å². The largest absolute Gasteiger partial charge is 0.481 e. The van der Waals surface area contributed by atoms with Gasteiger partial charge in [0.2, 0.25) is 0 Å². The average Bonchev–Trinajstić information content (AvgIpc) is 2.73. The lowest BCUT2D eigenvalue weighted by Gasteiger charge is -2.29. The molecule has 16 heavy (non-hydrogen) atoms. The van der Waals surface area contributed by atoms with E-state index in [0.29, 0.717) is 19.6 Å². The zero-order valence-electron chi connectivity index (χ0n) is 9.56. The Morgan fingerprint density at radius 3 is 2.88 bits per heavy atom. The lowest BCUT2D eigenvalue weighted by molar-refractivity contribution is -0.143. The predicted octanol–water partition coefficient (Wildman–Crippen LogP) is 0.712. The molecule has 1 fully saturated rings. The van der Waals surface area contributed by atoms with Gasteiger partial charge in [0.1, 0.15) is 0 Å². The topological polar surface area (TPSA) is 73.6 Å². The van der Waals surface area contributed by atoms with Crippen LogP contribution in [0.5, 0.6) is 0 Å². The summed E-state index contributed by atoms with van der Waals surface area (Å²) in [5.74, 6) is -1.26. The standard InChI is InChI=1S/C11H18N2O3/c1-2-5-13(6-3-4-12)10-8-16-7-9(10)11(14)15/h9-10H,2-3,5-8H2,1H3,(H,14,15). The van der Waals surface area contributed by atoms with Crippen LogP contribution in [0.2, 0.25) is 0 Å². The molecule has 0 amide bonds. The van der Waals surface area contributed by atoms with E-state index in [9.17, 15) is 4.79 Å². The second-order valence-corrected chi connectivity index (χ2v) is 3.99. The average molecular weight is 226 g/mol. The molecule has 2 atom stereocenters. The zero-order chi connectivity index (χ0) is 12.0. The summed E-state index contributed by atoms with van der Waals surface area (Å²) in [6.07, 6.45) is 1.39. The summed E-state index contributed by atoms with van der Waals surface area (Å²) in [7, 11) is 0. The van der Waals surface area contributed by atoms with Crippen LogP contribution in [0.3, 0.4) is 0 Å². The Morgan fingerprint density at radius 1 is 1.56 bits per heavy atom. The van der Waals surface area contributed by atoms with Gasteiger partial charge < -0.3 is 9.84 Å². The molecule has 1 N–H and O–H groups in total. The maximum absolute atomic E-state index is 11.0. The molecule has 1 heterocycles. The molecule has 0 spiro atoms. The van der Waals surface area contributed by atoms with E-state index in [1.165, 1.54) is 0 Å². The third kappa shape index (κ3) is 3.19. The van der Waals surface area contributed by atoms with Gasteiger partial charge >= 0.3 is 5.97 Å². The Labute approximate surface area is 95.6 Å². The van der Waals surface area contributed by atoms with Crippen LogP contribution in [-0.4, -0.2) is 48.3 Å². The van der Waals surface area contributed by atoms with Crippen LogP contribution in [0.25, 0.3) is 0 Å². The third-order valence-corrected chi connectivity index (χ3v) is 2.86. The minimum atomic E-state index is -0.805. The number of carbonyl (C=O) groups is 1. The molecule has 1 rings (SSSR count). The minimum Gasteiger partial charge on any atom is -0.481 e. The number of hydrogen-bond acceptors (Lipinski definition) is 4. The predicted molar refractivity (Wildman–Crippen MR) is 57.8 cm³/mol. The van der Waals surface area contributed by atoms with Crippen molar-refractivity contribution in [1.29, 1.82) is 5.26 Å². The van der Waals surface area contributed by atoms with Crippen molar-refractivity contribution >= 4 is 5.97 Å². The molecule has 0 radical (unpaired) electrons. The molecule has 5 nitrogen and oxygen atoms in total. The lowest BCUT2D eigenvalue weighted by atomic mass is 10.0. The van der Waals surface area contributed by atoms with Crippen molar-refractivity contribution in [2.45, 2.75) is 25.8 Å². The Hall–Kier alpha value is -1.12. The Morgan fingerprint density at radius 2 is 2.31 bits per heavy atom. The fourth-order valence-corrected chi connectivity index (χ4v) is 2.06. The number of carboxylic acid groups (broad SMARTS) is 1. The van der Waals surface area contributed by atoms with Crippen molar-refractivity contribution in [2.75, 3.05) is 26.3 Å². The van der Waals surface area contributed by atoms with E-state index >= 15 is 0 Å². The van der Waals surface area contributed by atoms with E-state index in [0.717, 1.165) is 13.0 Å². The quantitative estimate of drug-likeness (QED) is 0.722. The first-order chi connectivity index (χ1) is 7.70. The van der Waals surface area contributed by atoms with Gasteiger partial charge in [0.05, 0.1) is 25.2 Å². The molecular formula is C11H18N2O3. The van der Waals surface area contributed by atoms with Crippen LogP contribution < -0.4 is 0 Å². The van der Waals surface area contributed by atoms with Crippen LogP contribution in [0.1, 0.15) is 19.8 Å². The second-order valence-electron chi connectivity index (χ2n) is 3.99. The van der Waals surface area contributed by atoms with E-state index in [4.69, 9.17) is 15.1 Å². The molecular weight excluding hydrogens is 208 g/mol. The molecule has 0 aliphatic carbocycles. The smallest absolute Gasteiger partial charge is 0.310 e. The Balaban J connectivity index is 2.61. The van der Waals surface area contributed by atoms with Crippen LogP contribution in [0.4, 0.5) is 0 Å². The van der Waals surface area contributed by atoms with Gasteiger partial charge in [0, 0.05) is 19.0 Å². The Bertz CT molecular complexity index is 275. The highest BCUT2D eigenvalue weighted by Crippen LogP contribution is 2.20. The summed E-state index contributed by atoms with van der Waals surface area (Å²) in [6.45, 7) is 4.24. The maximum atomic E-state index is 11.0. The first-order valence-electron chi connectivity index (χ1n) is 5.62. The van der Waals surface area contributed by atoms with Gasteiger partial charge in [-0.05, 0) is 13.0 Å². The first kappa shape index (κ1) is 12.9. The molecule has 5 heteroatoms. The van der Waals surface area contributed by atoms with Crippen molar-refractivity contribution in [3.05, 3.63) is 0 Å². The monoisotopic (exact) mass is 226 g/mol. The highest BCUT2D eigenvalue weighted by molar-refractivity contribution is 5.71. The number of ether oxygens (including phenoxy) is 1. The number of nitriles is 1. The van der Waals surface area contributed by atoms with E-state index in [-0.39, 0.29) is 12.6 Å². The van der Waals surface area contributed by atoms with Gasteiger partial charge in [0.25, 0.3) is 0 Å². The van der Waals surface area contributed by atoms with Crippen molar-refractivity contribution in [3.8, 4) is 6.07 Å². The minimum absolute atomic E-state index is 0.0780. The van der Waals surface area contributed by atoms with Crippen molar-refractivity contribution < 1.29 is 14.6 Å². The van der Waals surface area contributed by atoms with Gasteiger partial charge in [0.15, 0.2) is 0 Å². The number of nitrogens with zero attached hydrogens (tertiary/aromatic N) is 2. The summed E-state index contributed by atoms with van der Waals surface area (Å²) in [5, 5.41) is 17.6. The molecule has 0 aromatic rings. The summed E-state index contributed by atoms with van der Waals surface area (Å²) < 4.78 is 5.23. The van der Waals surface area contributed by atoms with Gasteiger partial charge in [-0.1, -0.05) is 6.92 Å². The van der Waals surface area contributed by atoms with Crippen LogP contribution in [0, 0.1) is 17.2 Å².